The lowest BCUT2D eigenvalue weighted by molar-refractivity contribution is 0.311. The summed E-state index contributed by atoms with van der Waals surface area (Å²) >= 11 is 0. The van der Waals surface area contributed by atoms with Crippen molar-refractivity contribution in [2.24, 2.45) is 0 Å². The molecular formula is C18H23FN4. The van der Waals surface area contributed by atoms with Crippen LogP contribution >= 0.6 is 0 Å². The van der Waals surface area contributed by atoms with E-state index >= 15 is 0 Å². The first kappa shape index (κ1) is 15.9. The molecule has 2 aromatic rings. The van der Waals surface area contributed by atoms with Crippen LogP contribution in [0.3, 0.4) is 0 Å². The molecule has 1 aromatic carbocycles. The molecule has 0 atom stereocenters. The largest absolute Gasteiger partial charge is 0.354 e. The highest BCUT2D eigenvalue weighted by Gasteiger charge is 2.17. The Morgan fingerprint density at radius 1 is 1.00 bits per heavy atom. The number of hydrogen-bond acceptors (Lipinski definition) is 4. The summed E-state index contributed by atoms with van der Waals surface area (Å²) in [6.07, 6.45) is 1.84. The van der Waals surface area contributed by atoms with E-state index in [1.807, 2.05) is 24.4 Å². The predicted molar refractivity (Wildman–Crippen MR) is 90.9 cm³/mol. The van der Waals surface area contributed by atoms with Gasteiger partial charge in [-0.25, -0.2) is 9.37 Å². The number of nitrogens with zero attached hydrogens (tertiary/aromatic N) is 3. The molecule has 4 nitrogen and oxygen atoms in total. The van der Waals surface area contributed by atoms with Gasteiger partial charge in [-0.1, -0.05) is 24.3 Å². The first-order valence-electron chi connectivity index (χ1n) is 8.05. The van der Waals surface area contributed by atoms with Gasteiger partial charge in [-0.3, -0.25) is 0 Å². The third kappa shape index (κ3) is 4.06. The fourth-order valence-corrected chi connectivity index (χ4v) is 2.84. The van der Waals surface area contributed by atoms with Crippen LogP contribution in [0.4, 0.5) is 10.2 Å². The summed E-state index contributed by atoms with van der Waals surface area (Å²) in [5, 5.41) is 3.33. The Balaban J connectivity index is 1.63. The number of anilines is 1. The molecule has 23 heavy (non-hydrogen) atoms. The summed E-state index contributed by atoms with van der Waals surface area (Å²) in [6, 6.07) is 10.9. The van der Waals surface area contributed by atoms with Gasteiger partial charge >= 0.3 is 0 Å². The second-order valence-corrected chi connectivity index (χ2v) is 5.97. The molecule has 0 saturated carbocycles. The van der Waals surface area contributed by atoms with E-state index in [2.05, 4.69) is 33.2 Å². The van der Waals surface area contributed by atoms with Crippen molar-refractivity contribution in [3.8, 4) is 0 Å². The van der Waals surface area contributed by atoms with Crippen LogP contribution in [0.5, 0.6) is 0 Å². The van der Waals surface area contributed by atoms with E-state index in [0.29, 0.717) is 18.7 Å². The predicted octanol–water partition coefficient (Wildman–Crippen LogP) is 2.26. The molecule has 0 spiro atoms. The number of likely N-dealkylation sites (N-methyl/N-ethyl adjacent to an activating group) is 1. The van der Waals surface area contributed by atoms with Crippen molar-refractivity contribution >= 4 is 5.82 Å². The number of aromatic nitrogens is 1. The molecule has 0 amide bonds. The number of piperazine rings is 1. The Morgan fingerprint density at radius 2 is 1.70 bits per heavy atom. The second-order valence-electron chi connectivity index (χ2n) is 5.97. The van der Waals surface area contributed by atoms with Gasteiger partial charge in [0.15, 0.2) is 0 Å². The number of rotatable bonds is 5. The molecule has 1 saturated heterocycles. The number of pyridine rings is 1. The van der Waals surface area contributed by atoms with E-state index in [1.54, 1.807) is 6.07 Å². The third-order valence-electron chi connectivity index (χ3n) is 4.26. The minimum atomic E-state index is -0.162. The molecule has 1 fully saturated rings. The fourth-order valence-electron chi connectivity index (χ4n) is 2.84. The average Bonchev–Trinajstić information content (AvgIpc) is 2.58. The van der Waals surface area contributed by atoms with E-state index < -0.39 is 0 Å². The monoisotopic (exact) mass is 314 g/mol. The Labute approximate surface area is 136 Å². The SMILES string of the molecule is CN1CCN(c2ncccc2CNCc2ccccc2F)CC1. The van der Waals surface area contributed by atoms with Crippen molar-refractivity contribution in [1.29, 1.82) is 0 Å². The Kier molecular flexibility index (Phi) is 5.20. The van der Waals surface area contributed by atoms with Crippen LogP contribution in [0.15, 0.2) is 42.6 Å². The van der Waals surface area contributed by atoms with Crippen LogP contribution in [0.25, 0.3) is 0 Å². The van der Waals surface area contributed by atoms with Gasteiger partial charge in [0.1, 0.15) is 11.6 Å². The molecule has 1 aliphatic rings. The Hall–Kier alpha value is -1.98. The molecule has 5 heteroatoms. The van der Waals surface area contributed by atoms with Gasteiger partial charge in [0.2, 0.25) is 0 Å². The van der Waals surface area contributed by atoms with Crippen molar-refractivity contribution in [1.82, 2.24) is 15.2 Å². The first-order chi connectivity index (χ1) is 11.2. The van der Waals surface area contributed by atoms with Gasteiger partial charge in [-0.15, -0.1) is 0 Å². The summed E-state index contributed by atoms with van der Waals surface area (Å²) in [7, 11) is 2.15. The zero-order chi connectivity index (χ0) is 16.1. The summed E-state index contributed by atoms with van der Waals surface area (Å²) in [4.78, 5) is 9.23. The van der Waals surface area contributed by atoms with Crippen molar-refractivity contribution in [3.63, 3.8) is 0 Å². The van der Waals surface area contributed by atoms with Gasteiger partial charge in [-0.05, 0) is 19.2 Å². The van der Waals surface area contributed by atoms with Gasteiger partial charge in [0, 0.05) is 56.6 Å². The van der Waals surface area contributed by atoms with Crippen LogP contribution in [-0.2, 0) is 13.1 Å². The molecule has 1 aromatic heterocycles. The minimum Gasteiger partial charge on any atom is -0.354 e. The van der Waals surface area contributed by atoms with Crippen molar-refractivity contribution in [3.05, 3.63) is 59.5 Å². The summed E-state index contributed by atoms with van der Waals surface area (Å²) in [5.41, 5.74) is 1.85. The molecular weight excluding hydrogens is 291 g/mol. The van der Waals surface area contributed by atoms with Crippen LogP contribution in [-0.4, -0.2) is 43.1 Å². The van der Waals surface area contributed by atoms with Gasteiger partial charge in [0.05, 0.1) is 0 Å². The van der Waals surface area contributed by atoms with Gasteiger partial charge in [-0.2, -0.15) is 0 Å². The quantitative estimate of drug-likeness (QED) is 0.917. The smallest absolute Gasteiger partial charge is 0.133 e. The molecule has 2 heterocycles. The molecule has 1 N–H and O–H groups in total. The molecule has 0 aliphatic carbocycles. The lowest BCUT2D eigenvalue weighted by Crippen LogP contribution is -2.45. The molecule has 0 unspecified atom stereocenters. The second kappa shape index (κ2) is 7.53. The fraction of sp³-hybridized carbons (Fsp3) is 0.389. The summed E-state index contributed by atoms with van der Waals surface area (Å²) < 4.78 is 13.7. The van der Waals surface area contributed by atoms with Crippen molar-refractivity contribution in [2.75, 3.05) is 38.1 Å². The van der Waals surface area contributed by atoms with E-state index in [-0.39, 0.29) is 5.82 Å². The van der Waals surface area contributed by atoms with E-state index in [9.17, 15) is 4.39 Å². The highest BCUT2D eigenvalue weighted by Crippen LogP contribution is 2.18. The molecule has 3 rings (SSSR count). The standard InChI is InChI=1S/C18H23FN4/c1-22-9-11-23(12-10-22)18-16(6-4-8-21-18)14-20-13-15-5-2-3-7-17(15)19/h2-8,20H,9-14H2,1H3. The molecule has 1 aliphatic heterocycles. The first-order valence-corrected chi connectivity index (χ1v) is 8.05. The zero-order valence-corrected chi connectivity index (χ0v) is 13.5. The van der Waals surface area contributed by atoms with E-state index in [0.717, 1.165) is 37.6 Å². The van der Waals surface area contributed by atoms with Crippen molar-refractivity contribution in [2.45, 2.75) is 13.1 Å². The number of benzene rings is 1. The lowest BCUT2D eigenvalue weighted by Gasteiger charge is -2.34. The topological polar surface area (TPSA) is 31.4 Å². The normalized spacial score (nSPS) is 15.8. The molecule has 122 valence electrons. The maximum absolute atomic E-state index is 13.7. The highest BCUT2D eigenvalue weighted by atomic mass is 19.1. The third-order valence-corrected chi connectivity index (χ3v) is 4.26. The van der Waals surface area contributed by atoms with Crippen LogP contribution in [0.1, 0.15) is 11.1 Å². The van der Waals surface area contributed by atoms with Crippen LogP contribution in [0.2, 0.25) is 0 Å². The van der Waals surface area contributed by atoms with E-state index in [1.165, 1.54) is 6.07 Å². The molecule has 0 bridgehead atoms. The molecule has 0 radical (unpaired) electrons. The summed E-state index contributed by atoms with van der Waals surface area (Å²) in [5.74, 6) is 0.882. The highest BCUT2D eigenvalue weighted by molar-refractivity contribution is 5.47. The van der Waals surface area contributed by atoms with Crippen LogP contribution < -0.4 is 10.2 Å². The van der Waals surface area contributed by atoms with Gasteiger partial charge in [0.25, 0.3) is 0 Å². The number of hydrogen-bond donors (Lipinski definition) is 1. The van der Waals surface area contributed by atoms with Crippen molar-refractivity contribution < 1.29 is 4.39 Å². The lowest BCUT2D eigenvalue weighted by atomic mass is 10.2. The minimum absolute atomic E-state index is 0.162. The Morgan fingerprint density at radius 3 is 2.48 bits per heavy atom. The number of nitrogens with one attached hydrogen (secondary N) is 1. The maximum atomic E-state index is 13.7. The number of halogens is 1. The zero-order valence-electron chi connectivity index (χ0n) is 13.5. The summed E-state index contributed by atoms with van der Waals surface area (Å²) in [6.45, 7) is 5.30. The Bertz CT molecular complexity index is 638. The van der Waals surface area contributed by atoms with E-state index in [4.69, 9.17) is 0 Å². The van der Waals surface area contributed by atoms with Gasteiger partial charge < -0.3 is 15.1 Å². The maximum Gasteiger partial charge on any atom is 0.133 e. The van der Waals surface area contributed by atoms with Crippen LogP contribution in [0, 0.1) is 5.82 Å². The average molecular weight is 314 g/mol.